The van der Waals surface area contributed by atoms with Crippen LogP contribution in [0.3, 0.4) is 0 Å². The van der Waals surface area contributed by atoms with E-state index in [1.165, 1.54) is 12.3 Å². The molecule has 0 amide bonds. The lowest BCUT2D eigenvalue weighted by atomic mass is 10.6. The van der Waals surface area contributed by atoms with E-state index in [-0.39, 0.29) is 11.1 Å². The number of halogens is 1. The first-order chi connectivity index (χ1) is 5.18. The Morgan fingerprint density at radius 2 is 2.45 bits per heavy atom. The van der Waals surface area contributed by atoms with Crippen molar-refractivity contribution in [3.8, 4) is 0 Å². The van der Waals surface area contributed by atoms with Crippen LogP contribution in [0.5, 0.6) is 0 Å². The van der Waals surface area contributed by atoms with Gasteiger partial charge in [-0.3, -0.25) is 0 Å². The largest absolute Gasteiger partial charge is 0.234 e. The van der Waals surface area contributed by atoms with Gasteiger partial charge in [-0.15, -0.1) is 0 Å². The van der Waals surface area contributed by atoms with Gasteiger partial charge in [-0.25, -0.2) is 15.1 Å². The summed E-state index contributed by atoms with van der Waals surface area (Å²) in [5.74, 6) is 0.0648. The summed E-state index contributed by atoms with van der Waals surface area (Å²) in [4.78, 5) is 16.9. The molecule has 1 aromatic rings. The molecule has 0 bridgehead atoms. The molecule has 0 aromatic carbocycles. The van der Waals surface area contributed by atoms with Gasteiger partial charge in [-0.2, -0.15) is 4.98 Å². The van der Waals surface area contributed by atoms with Gasteiger partial charge in [0.1, 0.15) is 0 Å². The topological polar surface area (TPSA) is 81.0 Å². The van der Waals surface area contributed by atoms with E-state index in [0.29, 0.717) is 0 Å². The molecule has 6 nitrogen and oxygen atoms in total. The molecular weight excluding hydrogens is 172 g/mol. The minimum absolute atomic E-state index is 0.0307. The summed E-state index contributed by atoms with van der Waals surface area (Å²) in [7, 11) is 0. The van der Waals surface area contributed by atoms with E-state index < -0.39 is 5.03 Å². The van der Waals surface area contributed by atoms with Gasteiger partial charge in [0.2, 0.25) is 5.28 Å². The minimum atomic E-state index is -0.724. The van der Waals surface area contributed by atoms with E-state index in [4.69, 9.17) is 11.6 Å². The highest BCUT2D eigenvalue weighted by atomic mass is 35.5. The third-order valence-electron chi connectivity index (χ3n) is 0.832. The van der Waals surface area contributed by atoms with E-state index in [1.54, 1.807) is 0 Å². The van der Waals surface area contributed by atoms with Crippen molar-refractivity contribution in [3.63, 3.8) is 0 Å². The molecule has 0 spiro atoms. The van der Waals surface area contributed by atoms with Crippen LogP contribution < -0.4 is 5.43 Å². The highest BCUT2D eigenvalue weighted by Crippen LogP contribution is 2.04. The third-order valence-corrected chi connectivity index (χ3v) is 1.01. The van der Waals surface area contributed by atoms with Crippen LogP contribution in [0.15, 0.2) is 12.3 Å². The Bertz CT molecular complexity index is 279. The zero-order valence-electron chi connectivity index (χ0n) is 5.19. The van der Waals surface area contributed by atoms with E-state index >= 15 is 0 Å². The van der Waals surface area contributed by atoms with Crippen LogP contribution >= 0.6 is 11.6 Å². The lowest BCUT2D eigenvalue weighted by Crippen LogP contribution is -2.09. The molecule has 1 N–H and O–H groups in total. The second kappa shape index (κ2) is 3.11. The van der Waals surface area contributed by atoms with Gasteiger partial charge in [-0.05, 0) is 11.6 Å². The maximum Gasteiger partial charge on any atom is 0.224 e. The molecule has 0 saturated heterocycles. The lowest BCUT2D eigenvalue weighted by molar-refractivity contribution is -0.445. The van der Waals surface area contributed by atoms with Crippen LogP contribution in [0.25, 0.3) is 0 Å². The zero-order chi connectivity index (χ0) is 8.27. The van der Waals surface area contributed by atoms with Crippen molar-refractivity contribution in [3.05, 3.63) is 27.7 Å². The molecule has 0 saturated carbocycles. The van der Waals surface area contributed by atoms with E-state index in [2.05, 4.69) is 9.97 Å². The number of hydrogen-bond acceptors (Lipinski definition) is 4. The Morgan fingerprint density at radius 1 is 1.73 bits per heavy atom. The molecule has 0 aliphatic carbocycles. The second-order valence-electron chi connectivity index (χ2n) is 1.58. The fourth-order valence-corrected chi connectivity index (χ4v) is 0.638. The Kier molecular flexibility index (Phi) is 2.17. The van der Waals surface area contributed by atoms with Crippen molar-refractivity contribution in [2.24, 2.45) is 0 Å². The molecule has 0 atom stereocenters. The predicted octanol–water partition coefficient (Wildman–Crippen LogP) is 0.734. The first-order valence-electron chi connectivity index (χ1n) is 2.58. The van der Waals surface area contributed by atoms with Crippen molar-refractivity contribution in [2.45, 2.75) is 0 Å². The maximum atomic E-state index is 9.87. The molecule has 1 aromatic heterocycles. The summed E-state index contributed by atoms with van der Waals surface area (Å²) in [6.45, 7) is 0. The van der Waals surface area contributed by atoms with Gasteiger partial charge in [0.15, 0.2) is 10.9 Å². The number of rotatable bonds is 2. The van der Waals surface area contributed by atoms with Crippen molar-refractivity contribution >= 4 is 17.4 Å². The molecule has 0 aliphatic rings. The van der Waals surface area contributed by atoms with Gasteiger partial charge in [0.05, 0.1) is 0 Å². The van der Waals surface area contributed by atoms with Gasteiger partial charge >= 0.3 is 0 Å². The molecule has 1 rings (SSSR count). The molecule has 0 fully saturated rings. The summed E-state index contributed by atoms with van der Waals surface area (Å²) in [5, 5.41) is 9.12. The van der Waals surface area contributed by atoms with E-state index in [9.17, 15) is 10.1 Å². The Hall–Kier alpha value is -1.43. The standard InChI is InChI=1S/C4H3ClN4O2/c5-4-6-2-1-3(7-4)8-9(10)11/h1-2H,(H,6,7,8). The monoisotopic (exact) mass is 174 g/mol. The van der Waals surface area contributed by atoms with Gasteiger partial charge < -0.3 is 0 Å². The average Bonchev–Trinajstić information content (AvgIpc) is 1.85. The summed E-state index contributed by atoms with van der Waals surface area (Å²) >= 11 is 5.34. The molecule has 11 heavy (non-hydrogen) atoms. The number of aromatic nitrogens is 2. The van der Waals surface area contributed by atoms with Crippen molar-refractivity contribution in [1.29, 1.82) is 0 Å². The first-order valence-corrected chi connectivity index (χ1v) is 2.96. The van der Waals surface area contributed by atoms with Crippen molar-refractivity contribution in [1.82, 2.24) is 9.97 Å². The molecular formula is C4H3ClN4O2. The summed E-state index contributed by atoms with van der Waals surface area (Å²) in [6.07, 6.45) is 1.32. The average molecular weight is 175 g/mol. The maximum absolute atomic E-state index is 9.87. The number of anilines is 1. The number of nitrogens with zero attached hydrogens (tertiary/aromatic N) is 3. The van der Waals surface area contributed by atoms with E-state index in [0.717, 1.165) is 0 Å². The third kappa shape index (κ3) is 2.34. The summed E-state index contributed by atoms with van der Waals surface area (Å²) in [5.41, 5.74) is 1.83. The quantitative estimate of drug-likeness (QED) is 0.406. The molecule has 58 valence electrons. The number of hydrogen-bond donors (Lipinski definition) is 1. The second-order valence-corrected chi connectivity index (χ2v) is 1.92. The van der Waals surface area contributed by atoms with Crippen molar-refractivity contribution in [2.75, 3.05) is 5.43 Å². The minimum Gasteiger partial charge on any atom is -0.234 e. The molecule has 0 aliphatic heterocycles. The smallest absolute Gasteiger partial charge is 0.224 e. The first kappa shape index (κ1) is 7.67. The summed E-state index contributed by atoms with van der Waals surface area (Å²) < 4.78 is 0. The molecule has 0 radical (unpaired) electrons. The highest BCUT2D eigenvalue weighted by molar-refractivity contribution is 6.28. The van der Waals surface area contributed by atoms with Gasteiger partial charge in [-0.1, -0.05) is 5.43 Å². The summed E-state index contributed by atoms with van der Waals surface area (Å²) in [6, 6.07) is 1.34. The van der Waals surface area contributed by atoms with Gasteiger partial charge in [0.25, 0.3) is 0 Å². The number of hydrazine groups is 1. The zero-order valence-corrected chi connectivity index (χ0v) is 5.95. The van der Waals surface area contributed by atoms with Crippen molar-refractivity contribution < 1.29 is 5.03 Å². The van der Waals surface area contributed by atoms with Crippen LogP contribution in [0, 0.1) is 10.1 Å². The molecule has 1 heterocycles. The molecule has 0 unspecified atom stereocenters. The van der Waals surface area contributed by atoms with Crippen LogP contribution in [-0.2, 0) is 0 Å². The molecule has 7 heteroatoms. The number of nitro groups is 1. The Balaban J connectivity index is 2.79. The predicted molar refractivity (Wildman–Crippen MR) is 37.7 cm³/mol. The van der Waals surface area contributed by atoms with Crippen LogP contribution in [0.4, 0.5) is 5.82 Å². The fraction of sp³-hybridized carbons (Fsp3) is 0. The highest BCUT2D eigenvalue weighted by Gasteiger charge is 2.00. The van der Waals surface area contributed by atoms with E-state index in [1.807, 2.05) is 5.43 Å². The van der Waals surface area contributed by atoms with Crippen LogP contribution in [0.1, 0.15) is 0 Å². The number of nitrogens with one attached hydrogen (secondary N) is 1. The fourth-order valence-electron chi connectivity index (χ4n) is 0.491. The lowest BCUT2D eigenvalue weighted by Gasteiger charge is -1.93. The SMILES string of the molecule is O=[N+]([O-])Nc1ccnc(Cl)n1. The van der Waals surface area contributed by atoms with Crippen LogP contribution in [-0.4, -0.2) is 15.0 Å². The normalized spacial score (nSPS) is 9.18. The Morgan fingerprint density at radius 3 is 3.00 bits per heavy atom. The van der Waals surface area contributed by atoms with Crippen LogP contribution in [0.2, 0.25) is 5.28 Å². The Labute approximate surface area is 66.3 Å². The van der Waals surface area contributed by atoms with Gasteiger partial charge in [0, 0.05) is 12.3 Å².